The number of carboxylic acids is 1. The third-order valence-electron chi connectivity index (χ3n) is 6.81. The number of nitrogens with one attached hydrogen (secondary N) is 2. The van der Waals surface area contributed by atoms with Crippen LogP contribution in [-0.4, -0.2) is 43.4 Å². The van der Waals surface area contributed by atoms with Crippen LogP contribution in [0, 0.1) is 11.6 Å². The van der Waals surface area contributed by atoms with E-state index in [0.29, 0.717) is 30.1 Å². The number of aromatic carboxylic acids is 1. The van der Waals surface area contributed by atoms with Crippen molar-refractivity contribution in [3.63, 3.8) is 0 Å². The highest BCUT2D eigenvalue weighted by Crippen LogP contribution is 2.37. The van der Waals surface area contributed by atoms with Gasteiger partial charge in [0.1, 0.15) is 11.6 Å². The smallest absolute Gasteiger partial charge is 0.336 e. The van der Waals surface area contributed by atoms with E-state index in [0.717, 1.165) is 50.3 Å². The first-order chi connectivity index (χ1) is 18.8. The molecule has 7 nitrogen and oxygen atoms in total. The summed E-state index contributed by atoms with van der Waals surface area (Å²) in [5.74, 6) is -2.49. The highest BCUT2D eigenvalue weighted by molar-refractivity contribution is 6.30. The summed E-state index contributed by atoms with van der Waals surface area (Å²) in [5.41, 5.74) is 1.49. The van der Waals surface area contributed by atoms with E-state index in [2.05, 4.69) is 15.5 Å². The summed E-state index contributed by atoms with van der Waals surface area (Å²) in [6.45, 7) is 1.01. The molecule has 0 heterocycles. The first-order valence-corrected chi connectivity index (χ1v) is 13.1. The van der Waals surface area contributed by atoms with Gasteiger partial charge in [0.2, 0.25) is 0 Å². The molecule has 0 aliphatic heterocycles. The number of methoxy groups -OCH3 is 1. The minimum atomic E-state index is -1.21. The van der Waals surface area contributed by atoms with Gasteiger partial charge < -0.3 is 25.4 Å². The highest BCUT2D eigenvalue weighted by Gasteiger charge is 2.25. The fraction of sp³-hybridized carbons (Fsp3) is 0.310. The molecule has 0 radical (unpaired) electrons. The maximum Gasteiger partial charge on any atom is 0.336 e. The zero-order valence-electron chi connectivity index (χ0n) is 21.5. The van der Waals surface area contributed by atoms with E-state index >= 15 is 0 Å². The van der Waals surface area contributed by atoms with Crippen molar-refractivity contribution in [2.24, 2.45) is 0 Å². The van der Waals surface area contributed by atoms with Gasteiger partial charge in [0.25, 0.3) is 0 Å². The molecule has 0 aromatic heterocycles. The van der Waals surface area contributed by atoms with E-state index in [1.165, 1.54) is 18.2 Å². The quantitative estimate of drug-likeness (QED) is 0.255. The zero-order chi connectivity index (χ0) is 27.9. The number of hydrogen-bond acceptors (Lipinski definition) is 4. The number of amides is 2. The SMILES string of the molecule is COCCN(c1ccc(-c2cc(F)ccc2C(=O)O)cc1NC(=O)Nc1ccc(Cl)cc1F)C1CCCCC1. The van der Waals surface area contributed by atoms with Crippen molar-refractivity contribution in [2.75, 3.05) is 35.8 Å². The Balaban J connectivity index is 1.76. The molecule has 0 spiro atoms. The second-order valence-electron chi connectivity index (χ2n) is 9.41. The van der Waals surface area contributed by atoms with Crippen LogP contribution in [0.2, 0.25) is 5.02 Å². The molecule has 3 N–H and O–H groups in total. The van der Waals surface area contributed by atoms with Gasteiger partial charge in [-0.1, -0.05) is 36.9 Å². The number of halogens is 3. The molecule has 1 aliphatic carbocycles. The Bertz CT molecular complexity index is 1350. The molecule has 0 unspecified atom stereocenters. The molecule has 39 heavy (non-hydrogen) atoms. The molecule has 10 heteroatoms. The number of nitrogens with zero attached hydrogens (tertiary/aromatic N) is 1. The van der Waals surface area contributed by atoms with Crippen LogP contribution in [0.15, 0.2) is 54.6 Å². The van der Waals surface area contributed by atoms with Crippen LogP contribution in [0.3, 0.4) is 0 Å². The van der Waals surface area contributed by atoms with Crippen LogP contribution in [0.25, 0.3) is 11.1 Å². The lowest BCUT2D eigenvalue weighted by Crippen LogP contribution is -2.39. The molecule has 3 aromatic rings. The maximum absolute atomic E-state index is 14.3. The second-order valence-corrected chi connectivity index (χ2v) is 9.84. The van der Waals surface area contributed by atoms with E-state index in [1.807, 2.05) is 0 Å². The summed E-state index contributed by atoms with van der Waals surface area (Å²) in [4.78, 5) is 27.1. The third-order valence-corrected chi connectivity index (χ3v) is 7.04. The molecule has 3 aromatic carbocycles. The number of carbonyl (C=O) groups excluding carboxylic acids is 1. The molecule has 0 atom stereocenters. The number of carbonyl (C=O) groups is 2. The van der Waals surface area contributed by atoms with Crippen molar-refractivity contribution >= 4 is 40.7 Å². The number of ether oxygens (including phenoxy) is 1. The Morgan fingerprint density at radius 3 is 2.44 bits per heavy atom. The topological polar surface area (TPSA) is 90.9 Å². The van der Waals surface area contributed by atoms with Crippen molar-refractivity contribution in [3.05, 3.63) is 76.8 Å². The molecule has 206 valence electrons. The fourth-order valence-electron chi connectivity index (χ4n) is 4.94. The number of urea groups is 1. The monoisotopic (exact) mass is 557 g/mol. The molecule has 0 bridgehead atoms. The van der Waals surface area contributed by atoms with Gasteiger partial charge in [-0.05, 0) is 72.5 Å². The van der Waals surface area contributed by atoms with Gasteiger partial charge in [-0.25, -0.2) is 18.4 Å². The zero-order valence-corrected chi connectivity index (χ0v) is 22.2. The van der Waals surface area contributed by atoms with E-state index < -0.39 is 23.6 Å². The van der Waals surface area contributed by atoms with Crippen molar-refractivity contribution in [2.45, 2.75) is 38.1 Å². The molecule has 1 aliphatic rings. The number of hydrogen-bond donors (Lipinski definition) is 3. The van der Waals surface area contributed by atoms with Crippen LogP contribution >= 0.6 is 11.6 Å². The van der Waals surface area contributed by atoms with Crippen molar-refractivity contribution in [1.82, 2.24) is 0 Å². The van der Waals surface area contributed by atoms with E-state index in [-0.39, 0.29) is 27.9 Å². The molecule has 1 fully saturated rings. The van der Waals surface area contributed by atoms with E-state index in [9.17, 15) is 23.5 Å². The summed E-state index contributed by atoms with van der Waals surface area (Å²) >= 11 is 5.82. The van der Waals surface area contributed by atoms with Crippen LogP contribution in [0.1, 0.15) is 42.5 Å². The summed E-state index contributed by atoms with van der Waals surface area (Å²) in [6, 6.07) is 12.0. The van der Waals surface area contributed by atoms with Crippen molar-refractivity contribution in [3.8, 4) is 11.1 Å². The lowest BCUT2D eigenvalue weighted by atomic mass is 9.93. The van der Waals surface area contributed by atoms with E-state index in [1.54, 1.807) is 25.3 Å². The summed E-state index contributed by atoms with van der Waals surface area (Å²) in [5, 5.41) is 15.2. The lowest BCUT2D eigenvalue weighted by molar-refractivity contribution is 0.0697. The van der Waals surface area contributed by atoms with Crippen LogP contribution in [0.4, 0.5) is 30.6 Å². The molecular weight excluding hydrogens is 528 g/mol. The number of carboxylic acid groups (broad SMARTS) is 1. The van der Waals surface area contributed by atoms with Crippen molar-refractivity contribution < 1.29 is 28.2 Å². The molecule has 0 saturated heterocycles. The average molecular weight is 558 g/mol. The Morgan fingerprint density at radius 1 is 1.00 bits per heavy atom. The third kappa shape index (κ3) is 7.04. The first-order valence-electron chi connectivity index (χ1n) is 12.7. The lowest BCUT2D eigenvalue weighted by Gasteiger charge is -2.37. The van der Waals surface area contributed by atoms with Gasteiger partial charge in [-0.15, -0.1) is 0 Å². The predicted molar refractivity (Wildman–Crippen MR) is 149 cm³/mol. The Labute approximate surface area is 230 Å². The Hall–Kier alpha value is -3.69. The Morgan fingerprint density at radius 2 is 1.74 bits per heavy atom. The maximum atomic E-state index is 14.3. The van der Waals surface area contributed by atoms with Crippen LogP contribution in [0.5, 0.6) is 0 Å². The molecular formula is C29H30ClF2N3O4. The van der Waals surface area contributed by atoms with Gasteiger partial charge >= 0.3 is 12.0 Å². The first kappa shape index (κ1) is 28.3. The van der Waals surface area contributed by atoms with Crippen LogP contribution < -0.4 is 15.5 Å². The molecule has 4 rings (SSSR count). The van der Waals surface area contributed by atoms with Crippen molar-refractivity contribution in [1.29, 1.82) is 0 Å². The number of rotatable bonds is 9. The Kier molecular flexibility index (Phi) is 9.37. The summed E-state index contributed by atoms with van der Waals surface area (Å²) in [7, 11) is 1.62. The van der Waals surface area contributed by atoms with Gasteiger partial charge in [0.15, 0.2) is 0 Å². The van der Waals surface area contributed by atoms with Crippen LogP contribution in [-0.2, 0) is 4.74 Å². The fourth-order valence-corrected chi connectivity index (χ4v) is 5.10. The molecule has 2 amide bonds. The number of anilines is 3. The second kappa shape index (κ2) is 12.9. The van der Waals surface area contributed by atoms with Gasteiger partial charge in [0.05, 0.1) is 29.2 Å². The minimum absolute atomic E-state index is 0.0589. The van der Waals surface area contributed by atoms with Gasteiger partial charge in [-0.3, -0.25) is 0 Å². The standard InChI is InChI=1S/C29H30ClF2N3O4/c1-39-14-13-35(21-5-3-2-4-6-21)27-12-7-18(23-17-20(31)9-10-22(23)28(36)37)15-26(27)34-29(38)33-25-11-8-19(30)16-24(25)32/h7-12,15-17,21H,2-6,13-14H2,1H3,(H,36,37)(H2,33,34,38). The molecule has 1 saturated carbocycles. The predicted octanol–water partition coefficient (Wildman–Crippen LogP) is 7.41. The number of benzene rings is 3. The summed E-state index contributed by atoms with van der Waals surface area (Å²) < 4.78 is 33.9. The van der Waals surface area contributed by atoms with E-state index in [4.69, 9.17) is 16.3 Å². The minimum Gasteiger partial charge on any atom is -0.478 e. The normalized spacial score (nSPS) is 13.6. The summed E-state index contributed by atoms with van der Waals surface area (Å²) in [6.07, 6.45) is 5.26. The average Bonchev–Trinajstić information content (AvgIpc) is 2.91. The van der Waals surface area contributed by atoms with Gasteiger partial charge in [-0.2, -0.15) is 0 Å². The largest absolute Gasteiger partial charge is 0.478 e. The van der Waals surface area contributed by atoms with Gasteiger partial charge in [0, 0.05) is 24.7 Å². The highest BCUT2D eigenvalue weighted by atomic mass is 35.5.